The molecule has 0 fully saturated rings. The van der Waals surface area contributed by atoms with Crippen LogP contribution in [0.15, 0.2) is 0 Å². The molecule has 0 aromatic rings. The second kappa shape index (κ2) is 5.65. The lowest BCUT2D eigenvalue weighted by molar-refractivity contribution is 1.86. The second-order valence-electron chi connectivity index (χ2n) is 0.957. The Morgan fingerprint density at radius 2 is 2.33 bits per heavy atom. The van der Waals surface area contributed by atoms with Crippen molar-refractivity contribution in [2.45, 2.75) is 17.9 Å². The van der Waals surface area contributed by atoms with Crippen LogP contribution in [0, 0.1) is 0 Å². The highest BCUT2D eigenvalue weighted by atomic mass is 28.3. The Labute approximate surface area is 47.8 Å². The van der Waals surface area contributed by atoms with Gasteiger partial charge in [-0.05, 0) is 0 Å². The van der Waals surface area contributed by atoms with Crippen molar-refractivity contribution in [3.63, 3.8) is 0 Å². The standard InChI is InChI=1S/C3H7Si3/c1-5-3-6-2-4/h2-3H2,1H3. The fourth-order valence-corrected chi connectivity index (χ4v) is 2.81. The molecule has 0 aromatic heterocycles. The second-order valence-corrected chi connectivity index (χ2v) is 4.99. The molecule has 0 amide bonds. The van der Waals surface area contributed by atoms with Gasteiger partial charge in [0, 0.05) is 29.3 Å². The lowest BCUT2D eigenvalue weighted by Gasteiger charge is -1.82. The highest BCUT2D eigenvalue weighted by molar-refractivity contribution is 6.59. The first-order chi connectivity index (χ1) is 2.91. The van der Waals surface area contributed by atoms with Crippen LogP contribution in [-0.4, -0.2) is 29.3 Å². The van der Waals surface area contributed by atoms with Crippen molar-refractivity contribution < 1.29 is 0 Å². The summed E-state index contributed by atoms with van der Waals surface area (Å²) in [5.74, 6) is 0. The van der Waals surface area contributed by atoms with Crippen molar-refractivity contribution in [1.82, 2.24) is 0 Å². The van der Waals surface area contributed by atoms with Crippen molar-refractivity contribution in [2.75, 3.05) is 0 Å². The third-order valence-corrected chi connectivity index (χ3v) is 3.84. The van der Waals surface area contributed by atoms with Crippen molar-refractivity contribution in [3.05, 3.63) is 0 Å². The monoisotopic (exact) mass is 127 g/mol. The maximum atomic E-state index is 3.41. The summed E-state index contributed by atoms with van der Waals surface area (Å²) in [6.45, 7) is 2.24. The van der Waals surface area contributed by atoms with Crippen LogP contribution in [0.1, 0.15) is 0 Å². The van der Waals surface area contributed by atoms with Crippen molar-refractivity contribution >= 4 is 29.3 Å². The fraction of sp³-hybridized carbons (Fsp3) is 1.00. The molecule has 0 nitrogen and oxygen atoms in total. The molecule has 0 rings (SSSR count). The normalized spacial score (nSPS) is 9.00. The molecule has 0 aliphatic rings. The molecule has 7 radical (unpaired) electrons. The van der Waals surface area contributed by atoms with Crippen molar-refractivity contribution in [2.24, 2.45) is 0 Å². The first-order valence-corrected chi connectivity index (χ1v) is 5.74. The Morgan fingerprint density at radius 1 is 1.67 bits per heavy atom. The summed E-state index contributed by atoms with van der Waals surface area (Å²) in [6, 6.07) is 0. The average Bonchev–Trinajstić information content (AvgIpc) is 1.61. The topological polar surface area (TPSA) is 0 Å². The first-order valence-electron chi connectivity index (χ1n) is 1.91. The Morgan fingerprint density at radius 3 is 2.50 bits per heavy atom. The lowest BCUT2D eigenvalue weighted by atomic mass is 11.8. The van der Waals surface area contributed by atoms with Crippen LogP contribution in [0.5, 0.6) is 0 Å². The molecule has 0 heterocycles. The maximum Gasteiger partial charge on any atom is 0.0307 e. The van der Waals surface area contributed by atoms with Crippen molar-refractivity contribution in [3.8, 4) is 0 Å². The Balaban J connectivity index is 2.34. The molecule has 0 unspecified atom stereocenters. The Kier molecular flexibility index (Phi) is 6.26. The zero-order chi connectivity index (χ0) is 4.83. The van der Waals surface area contributed by atoms with Crippen LogP contribution in [0.2, 0.25) is 17.9 Å². The van der Waals surface area contributed by atoms with Gasteiger partial charge in [-0.25, -0.2) is 0 Å². The summed E-state index contributed by atoms with van der Waals surface area (Å²) in [4.78, 5) is 0. The van der Waals surface area contributed by atoms with E-state index in [4.69, 9.17) is 0 Å². The van der Waals surface area contributed by atoms with E-state index in [1.807, 2.05) is 0 Å². The lowest BCUT2D eigenvalue weighted by Crippen LogP contribution is -1.91. The van der Waals surface area contributed by atoms with E-state index in [2.05, 4.69) is 16.8 Å². The highest BCUT2D eigenvalue weighted by Crippen LogP contribution is 1.75. The van der Waals surface area contributed by atoms with Gasteiger partial charge in [0.2, 0.25) is 0 Å². The molecular formula is C3H7Si3. The van der Waals surface area contributed by atoms with Crippen LogP contribution < -0.4 is 0 Å². The van der Waals surface area contributed by atoms with Gasteiger partial charge < -0.3 is 0 Å². The van der Waals surface area contributed by atoms with Crippen LogP contribution in [-0.2, 0) is 0 Å². The van der Waals surface area contributed by atoms with E-state index in [1.165, 1.54) is 11.3 Å². The predicted molar refractivity (Wildman–Crippen MR) is 32.7 cm³/mol. The van der Waals surface area contributed by atoms with Crippen LogP contribution in [0.3, 0.4) is 0 Å². The van der Waals surface area contributed by atoms with Gasteiger partial charge >= 0.3 is 0 Å². The summed E-state index contributed by atoms with van der Waals surface area (Å²) >= 11 is 0. The van der Waals surface area contributed by atoms with E-state index < -0.39 is 0 Å². The van der Waals surface area contributed by atoms with Gasteiger partial charge in [0.1, 0.15) is 0 Å². The summed E-state index contributed by atoms with van der Waals surface area (Å²) in [5, 5.41) is 0. The minimum absolute atomic E-state index is 1.14. The average molecular weight is 127 g/mol. The molecule has 0 N–H and O–H groups in total. The van der Waals surface area contributed by atoms with Gasteiger partial charge in [0.05, 0.1) is 0 Å². The maximum absolute atomic E-state index is 3.41. The smallest absolute Gasteiger partial charge is 0.0307 e. The van der Waals surface area contributed by atoms with Crippen LogP contribution in [0.25, 0.3) is 0 Å². The molecule has 6 heavy (non-hydrogen) atoms. The van der Waals surface area contributed by atoms with Gasteiger partial charge in [-0.3, -0.25) is 0 Å². The molecule has 0 saturated carbocycles. The minimum atomic E-state index is 1.14. The first kappa shape index (κ1) is 6.65. The fourth-order valence-electron chi connectivity index (χ4n) is 0.187. The Hall–Kier alpha value is 0.651. The van der Waals surface area contributed by atoms with E-state index in [0.29, 0.717) is 0 Å². The quantitative estimate of drug-likeness (QED) is 0.379. The third-order valence-electron chi connectivity index (χ3n) is 0.427. The summed E-state index contributed by atoms with van der Waals surface area (Å²) in [5.41, 5.74) is 2.62. The molecule has 0 aliphatic heterocycles. The van der Waals surface area contributed by atoms with Gasteiger partial charge in [0.15, 0.2) is 0 Å². The zero-order valence-corrected chi connectivity index (χ0v) is 6.91. The van der Waals surface area contributed by atoms with Gasteiger partial charge in [0.25, 0.3) is 0 Å². The number of hydrogen-bond donors (Lipinski definition) is 0. The summed E-state index contributed by atoms with van der Waals surface area (Å²) < 4.78 is 0. The molecule has 0 saturated heterocycles. The van der Waals surface area contributed by atoms with E-state index >= 15 is 0 Å². The van der Waals surface area contributed by atoms with E-state index in [0.717, 1.165) is 19.0 Å². The summed E-state index contributed by atoms with van der Waals surface area (Å²) in [6.07, 6.45) is 0. The molecule has 0 aliphatic carbocycles. The molecule has 0 bridgehead atoms. The zero-order valence-electron chi connectivity index (χ0n) is 3.91. The van der Waals surface area contributed by atoms with Crippen molar-refractivity contribution in [1.29, 1.82) is 0 Å². The predicted octanol–water partition coefficient (Wildman–Crippen LogP) is 0.363. The Bertz CT molecular complexity index is 18.0. The summed E-state index contributed by atoms with van der Waals surface area (Å²) in [7, 11) is 5.70. The molecule has 0 aromatic carbocycles. The molecule has 31 valence electrons. The molecule has 0 atom stereocenters. The van der Waals surface area contributed by atoms with Gasteiger partial charge in [-0.2, -0.15) is 0 Å². The largest absolute Gasteiger partial charge is 0.0735 e. The SMILES string of the molecule is C[Si]C[Si]C[Si]. The van der Waals surface area contributed by atoms with Crippen LogP contribution >= 0.6 is 0 Å². The van der Waals surface area contributed by atoms with E-state index in [9.17, 15) is 0 Å². The number of hydrogen-bond acceptors (Lipinski definition) is 0. The van der Waals surface area contributed by atoms with Gasteiger partial charge in [-0.15, -0.1) is 0 Å². The van der Waals surface area contributed by atoms with Gasteiger partial charge in [-0.1, -0.05) is 17.9 Å². The molecule has 3 heteroatoms. The van der Waals surface area contributed by atoms with E-state index in [1.54, 1.807) is 0 Å². The third kappa shape index (κ3) is 4.65. The number of rotatable bonds is 3. The van der Waals surface area contributed by atoms with Crippen LogP contribution in [0.4, 0.5) is 0 Å². The molecule has 0 spiro atoms. The van der Waals surface area contributed by atoms with E-state index in [-0.39, 0.29) is 0 Å². The minimum Gasteiger partial charge on any atom is -0.0735 e. The molecular weight excluding hydrogens is 120 g/mol. The highest BCUT2D eigenvalue weighted by Gasteiger charge is 1.78.